The van der Waals surface area contributed by atoms with E-state index in [0.717, 1.165) is 76.7 Å². The van der Waals surface area contributed by atoms with Crippen LogP contribution in [0.4, 0.5) is 0 Å². The van der Waals surface area contributed by atoms with E-state index in [2.05, 4.69) is 178 Å². The average Bonchev–Trinajstić information content (AvgIpc) is 3.39. The number of hydrogen-bond acceptors (Lipinski definition) is 8. The second-order valence-electron chi connectivity index (χ2n) is 23.7. The number of rotatable bonds is 32. The van der Waals surface area contributed by atoms with Gasteiger partial charge in [-0.1, -0.05) is 148 Å². The van der Waals surface area contributed by atoms with Gasteiger partial charge < -0.3 is 19.6 Å². The predicted octanol–water partition coefficient (Wildman–Crippen LogP) is 7.99. The van der Waals surface area contributed by atoms with Gasteiger partial charge in [0.15, 0.2) is 0 Å². The molecule has 0 unspecified atom stereocenters. The van der Waals surface area contributed by atoms with Crippen LogP contribution < -0.4 is 37.7 Å². The molecule has 0 spiro atoms. The molecular formula is C68H122Li2N8. The fraction of sp³-hybridized carbons (Fsp3) is 0.706. The minimum absolute atomic E-state index is 0. The molecule has 0 aromatic carbocycles. The van der Waals surface area contributed by atoms with E-state index in [1.165, 1.54) is 209 Å². The normalized spacial score (nSPS) is 19.3. The number of likely N-dealkylation sites (N-methyl/N-ethyl adjacent to an activating group) is 4. The zero-order valence-electron chi connectivity index (χ0n) is 53.9. The van der Waals surface area contributed by atoms with E-state index in [4.69, 9.17) is 0 Å². The average molecular weight is 1070 g/mol. The van der Waals surface area contributed by atoms with Crippen LogP contribution in [0.3, 0.4) is 0 Å². The van der Waals surface area contributed by atoms with Gasteiger partial charge in [0, 0.05) is 131 Å². The zero-order chi connectivity index (χ0) is 55.8. The van der Waals surface area contributed by atoms with Crippen LogP contribution in [-0.4, -0.2) is 198 Å². The summed E-state index contributed by atoms with van der Waals surface area (Å²) in [5.74, 6) is 0. The molecule has 0 aliphatic carbocycles. The minimum Gasteiger partial charge on any atom is -0.304 e. The summed E-state index contributed by atoms with van der Waals surface area (Å²) < 4.78 is 0. The molecule has 78 heavy (non-hydrogen) atoms. The Morgan fingerprint density at radius 2 is 0.641 bits per heavy atom. The van der Waals surface area contributed by atoms with Crippen LogP contribution in [0, 0.1) is 13.8 Å². The largest absolute Gasteiger partial charge is 1.00 e. The molecule has 0 atom stereocenters. The fourth-order valence-electron chi connectivity index (χ4n) is 10.2. The minimum atomic E-state index is 0. The van der Waals surface area contributed by atoms with E-state index >= 15 is 0 Å². The van der Waals surface area contributed by atoms with Gasteiger partial charge in [-0.2, -0.15) is 0 Å². The number of piperazine rings is 4. The van der Waals surface area contributed by atoms with E-state index in [9.17, 15) is 0 Å². The first kappa shape index (κ1) is 76.3. The summed E-state index contributed by atoms with van der Waals surface area (Å²) in [7, 11) is 8.86. The SMILES string of the molecule is C=CC(=C)CC/C=C(/C)CN1CCN(C)CC1.[CH2-]/C(=C/CC/C(=C/CCCCC)CC/C=C(/C)CN1CCN(C)CC1)CC/C=C(/C)CN1CCN(C)CC1.[CH2-]/C(=C/CCCCC)CC/C=C(/C)CN1CCN(C)CC1.[Li+].[Li+]. The Bertz CT molecular complexity index is 1750. The summed E-state index contributed by atoms with van der Waals surface area (Å²) >= 11 is 0. The van der Waals surface area contributed by atoms with Crippen LogP contribution >= 0.6 is 0 Å². The van der Waals surface area contributed by atoms with Crippen LogP contribution in [0.5, 0.6) is 0 Å². The van der Waals surface area contributed by atoms with Crippen molar-refractivity contribution in [2.45, 2.75) is 157 Å². The van der Waals surface area contributed by atoms with Crippen molar-refractivity contribution in [3.63, 3.8) is 0 Å². The first-order valence-corrected chi connectivity index (χ1v) is 30.8. The molecule has 4 fully saturated rings. The number of unbranched alkanes of at least 4 members (excludes halogenated alkanes) is 6. The van der Waals surface area contributed by atoms with Gasteiger partial charge in [0.25, 0.3) is 0 Å². The Labute approximate surface area is 510 Å². The van der Waals surface area contributed by atoms with Crippen molar-refractivity contribution in [2.24, 2.45) is 0 Å². The Kier molecular flexibility index (Phi) is 47.7. The molecule has 4 heterocycles. The molecular weight excluding hydrogens is 943 g/mol. The Morgan fingerprint density at radius 1 is 0.372 bits per heavy atom. The third-order valence-corrected chi connectivity index (χ3v) is 15.8. The maximum absolute atomic E-state index is 4.37. The van der Waals surface area contributed by atoms with E-state index in [0.29, 0.717) is 0 Å². The van der Waals surface area contributed by atoms with Gasteiger partial charge in [-0.25, -0.2) is 37.1 Å². The van der Waals surface area contributed by atoms with Crippen LogP contribution in [-0.2, 0) is 0 Å². The van der Waals surface area contributed by atoms with Gasteiger partial charge >= 0.3 is 37.7 Å². The van der Waals surface area contributed by atoms with E-state index in [-0.39, 0.29) is 37.7 Å². The summed E-state index contributed by atoms with van der Waals surface area (Å²) in [6.07, 6.45) is 40.5. The molecule has 436 valence electrons. The van der Waals surface area contributed by atoms with Crippen molar-refractivity contribution in [3.8, 4) is 0 Å². The number of nitrogens with zero attached hydrogens (tertiary/aromatic N) is 8. The van der Waals surface area contributed by atoms with Gasteiger partial charge in [0.05, 0.1) is 0 Å². The van der Waals surface area contributed by atoms with Crippen molar-refractivity contribution in [1.29, 1.82) is 0 Å². The summed E-state index contributed by atoms with van der Waals surface area (Å²) in [5.41, 5.74) is 11.4. The van der Waals surface area contributed by atoms with Gasteiger partial charge in [0.2, 0.25) is 0 Å². The summed E-state index contributed by atoms with van der Waals surface area (Å²) in [5, 5.41) is 0. The van der Waals surface area contributed by atoms with Crippen LogP contribution in [0.2, 0.25) is 0 Å². The third-order valence-electron chi connectivity index (χ3n) is 15.8. The van der Waals surface area contributed by atoms with Crippen molar-refractivity contribution >= 4 is 0 Å². The molecule has 0 N–H and O–H groups in total. The van der Waals surface area contributed by atoms with Crippen molar-refractivity contribution < 1.29 is 37.7 Å². The van der Waals surface area contributed by atoms with Gasteiger partial charge in [-0.15, -0.1) is 6.42 Å². The van der Waals surface area contributed by atoms with Gasteiger partial charge in [0.1, 0.15) is 0 Å². The van der Waals surface area contributed by atoms with Crippen molar-refractivity contribution in [1.82, 2.24) is 39.2 Å². The third kappa shape index (κ3) is 41.3. The van der Waals surface area contributed by atoms with Crippen LogP contribution in [0.15, 0.2) is 106 Å². The van der Waals surface area contributed by atoms with E-state index < -0.39 is 0 Å². The topological polar surface area (TPSA) is 25.9 Å². The van der Waals surface area contributed by atoms with Crippen LogP contribution in [0.25, 0.3) is 0 Å². The molecule has 10 heteroatoms. The molecule has 0 bridgehead atoms. The fourth-order valence-corrected chi connectivity index (χ4v) is 10.2. The molecule has 4 saturated heterocycles. The molecule has 8 nitrogen and oxygen atoms in total. The first-order chi connectivity index (χ1) is 36.6. The molecule has 0 aromatic heterocycles. The molecule has 0 aromatic rings. The van der Waals surface area contributed by atoms with E-state index in [1.807, 2.05) is 6.08 Å². The Balaban J connectivity index is 0.00000125. The Morgan fingerprint density at radius 3 is 0.949 bits per heavy atom. The zero-order valence-corrected chi connectivity index (χ0v) is 53.9. The second-order valence-corrected chi connectivity index (χ2v) is 23.7. The maximum atomic E-state index is 4.37. The molecule has 0 radical (unpaired) electrons. The molecule has 4 rings (SSSR count). The summed E-state index contributed by atoms with van der Waals surface area (Å²) in [4.78, 5) is 20.0. The monoisotopic (exact) mass is 1070 g/mol. The number of allylic oxidation sites excluding steroid dienone is 12. The van der Waals surface area contributed by atoms with Crippen molar-refractivity contribution in [3.05, 3.63) is 120 Å². The molecule has 4 aliphatic rings. The van der Waals surface area contributed by atoms with Crippen LogP contribution in [0.1, 0.15) is 157 Å². The van der Waals surface area contributed by atoms with E-state index in [1.54, 1.807) is 5.57 Å². The standard InChI is InChI=1S/C34H61N4.C19H35N2.C15H26N2.2Li/c1-7-8-9-10-18-34(20-13-17-33(4)30-38-27-23-36(6)24-28-38)19-12-15-31(2)14-11-16-32(3)29-37-25-21-35(5)22-26-37;1-5-6-7-8-10-18(2)11-9-12-19(3)17-21-15-13-20(4)14-16-21;1-5-14(2)7-6-8-15(3)13-17-11-9-16(4)10-12-17;;/h15-18H,2,7-14,19-30H2,1,3-6H3;10,12H,2,5-9,11,13-17H2,1,3-4H3;5,8H,1-2,6-7,9-13H2,3-4H3;;/q2*-1;;2*+1/b31-15-,32-16-,33-17-,34-18-;18-10-,19-12-;15-8-;;. The summed E-state index contributed by atoms with van der Waals surface area (Å²) in [6, 6.07) is 0. The summed E-state index contributed by atoms with van der Waals surface area (Å²) in [6.45, 7) is 53.6. The van der Waals surface area contributed by atoms with Gasteiger partial charge in [-0.3, -0.25) is 19.6 Å². The van der Waals surface area contributed by atoms with Crippen molar-refractivity contribution in [2.75, 3.05) is 159 Å². The molecule has 0 saturated carbocycles. The number of hydrogen-bond donors (Lipinski definition) is 0. The van der Waals surface area contributed by atoms with Gasteiger partial charge in [-0.05, 0) is 114 Å². The predicted molar refractivity (Wildman–Crippen MR) is 340 cm³/mol. The first-order valence-electron chi connectivity index (χ1n) is 30.8. The Hall–Kier alpha value is -1.73. The maximum Gasteiger partial charge on any atom is 1.00 e. The molecule has 4 aliphatic heterocycles. The second kappa shape index (κ2) is 48.8. The smallest absolute Gasteiger partial charge is 0.304 e. The molecule has 0 amide bonds. The quantitative estimate of drug-likeness (QED) is 0.0220.